The van der Waals surface area contributed by atoms with Crippen molar-refractivity contribution in [1.82, 2.24) is 5.32 Å². The van der Waals surface area contributed by atoms with Gasteiger partial charge in [-0.2, -0.15) is 0 Å². The van der Waals surface area contributed by atoms with Gasteiger partial charge in [0, 0.05) is 12.1 Å². The fraction of sp³-hybridized carbons (Fsp3) is 0.647. The highest BCUT2D eigenvalue weighted by Crippen LogP contribution is 2.14. The lowest BCUT2D eigenvalue weighted by Crippen LogP contribution is -2.32. The molecule has 20 heavy (non-hydrogen) atoms. The normalized spacial score (nSPS) is 12.1. The van der Waals surface area contributed by atoms with Crippen molar-refractivity contribution >= 4 is 12.4 Å². The van der Waals surface area contributed by atoms with Crippen LogP contribution in [0.3, 0.4) is 0 Å². The fourth-order valence-electron chi connectivity index (χ4n) is 2.12. The Labute approximate surface area is 130 Å². The summed E-state index contributed by atoms with van der Waals surface area (Å²) in [6, 6.07) is 9.67. The molecule has 0 aliphatic heterocycles. The van der Waals surface area contributed by atoms with Gasteiger partial charge in [0.15, 0.2) is 0 Å². The minimum Gasteiger partial charge on any atom is -0.494 e. The van der Waals surface area contributed by atoms with Gasteiger partial charge < -0.3 is 10.1 Å². The average molecular weight is 300 g/mol. The van der Waals surface area contributed by atoms with Gasteiger partial charge in [0.1, 0.15) is 5.75 Å². The summed E-state index contributed by atoms with van der Waals surface area (Å²) in [4.78, 5) is 0. The topological polar surface area (TPSA) is 21.3 Å². The summed E-state index contributed by atoms with van der Waals surface area (Å²) in [5.41, 5.74) is 1.39. The van der Waals surface area contributed by atoms with Gasteiger partial charge in [0.2, 0.25) is 0 Å². The largest absolute Gasteiger partial charge is 0.494 e. The second kappa shape index (κ2) is 11.0. The zero-order valence-electron chi connectivity index (χ0n) is 13.3. The number of aryl methyl sites for hydroxylation is 1. The van der Waals surface area contributed by atoms with Crippen LogP contribution in [-0.2, 0) is 6.42 Å². The molecule has 0 amide bonds. The van der Waals surface area contributed by atoms with Gasteiger partial charge in [-0.3, -0.25) is 0 Å². The summed E-state index contributed by atoms with van der Waals surface area (Å²) < 4.78 is 5.67. The van der Waals surface area contributed by atoms with Crippen LogP contribution in [0.15, 0.2) is 24.3 Å². The van der Waals surface area contributed by atoms with E-state index in [1.165, 1.54) is 18.4 Å². The Hall–Kier alpha value is -0.730. The van der Waals surface area contributed by atoms with Crippen LogP contribution in [-0.4, -0.2) is 18.7 Å². The van der Waals surface area contributed by atoms with Crippen molar-refractivity contribution in [2.45, 2.75) is 65.5 Å². The van der Waals surface area contributed by atoms with Crippen molar-refractivity contribution in [2.24, 2.45) is 0 Å². The van der Waals surface area contributed by atoms with Gasteiger partial charge >= 0.3 is 0 Å². The molecule has 2 nitrogen and oxygen atoms in total. The molecular weight excluding hydrogens is 270 g/mol. The summed E-state index contributed by atoms with van der Waals surface area (Å²) in [6.07, 6.45) is 4.60. The molecular formula is C17H30ClNO. The molecule has 1 rings (SSSR count). The van der Waals surface area contributed by atoms with E-state index < -0.39 is 0 Å². The molecule has 0 heterocycles. The summed E-state index contributed by atoms with van der Waals surface area (Å²) in [5.74, 6) is 0.991. The summed E-state index contributed by atoms with van der Waals surface area (Å²) >= 11 is 0. The number of halogens is 1. The maximum atomic E-state index is 5.67. The molecule has 1 aromatic carbocycles. The molecule has 0 saturated carbocycles. The second-order valence-electron chi connectivity index (χ2n) is 5.61. The number of rotatable bonds is 9. The van der Waals surface area contributed by atoms with E-state index in [1.54, 1.807) is 0 Å². The molecule has 3 heteroatoms. The van der Waals surface area contributed by atoms with E-state index in [1.807, 2.05) is 0 Å². The molecule has 0 spiro atoms. The van der Waals surface area contributed by atoms with Gasteiger partial charge in [-0.1, -0.05) is 39.3 Å². The number of ether oxygens (including phenoxy) is 1. The average Bonchev–Trinajstić information content (AvgIpc) is 2.37. The third kappa shape index (κ3) is 8.44. The highest BCUT2D eigenvalue weighted by molar-refractivity contribution is 5.85. The number of nitrogens with one attached hydrogen (secondary N) is 1. The number of hydrogen-bond donors (Lipinski definition) is 1. The Morgan fingerprint density at radius 2 is 1.75 bits per heavy atom. The molecule has 116 valence electrons. The van der Waals surface area contributed by atoms with E-state index in [-0.39, 0.29) is 12.4 Å². The van der Waals surface area contributed by atoms with Crippen LogP contribution in [0.4, 0.5) is 0 Å². The van der Waals surface area contributed by atoms with Crippen molar-refractivity contribution in [3.8, 4) is 5.75 Å². The standard InChI is InChI=1S/C17H29NO.ClH/c1-5-6-13-19-17-11-9-16(10-12-17)8-7-15(4)18-14(2)3;/h9-12,14-15,18H,5-8,13H2,1-4H3;1H. The van der Waals surface area contributed by atoms with Crippen molar-refractivity contribution in [3.63, 3.8) is 0 Å². The lowest BCUT2D eigenvalue weighted by atomic mass is 10.1. The molecule has 1 aromatic rings. The van der Waals surface area contributed by atoms with E-state index in [2.05, 4.69) is 57.3 Å². The number of benzene rings is 1. The molecule has 0 saturated heterocycles. The Balaban J connectivity index is 0.00000361. The Morgan fingerprint density at radius 1 is 1.10 bits per heavy atom. The zero-order valence-corrected chi connectivity index (χ0v) is 14.1. The van der Waals surface area contributed by atoms with Crippen molar-refractivity contribution in [2.75, 3.05) is 6.61 Å². The maximum absolute atomic E-state index is 5.67. The van der Waals surface area contributed by atoms with E-state index in [4.69, 9.17) is 4.74 Å². The molecule has 0 aliphatic rings. The molecule has 0 aliphatic carbocycles. The molecule has 0 aromatic heterocycles. The lowest BCUT2D eigenvalue weighted by molar-refractivity contribution is 0.309. The number of hydrogen-bond acceptors (Lipinski definition) is 2. The predicted octanol–water partition coefficient (Wildman–Crippen LogP) is 4.61. The minimum absolute atomic E-state index is 0. The lowest BCUT2D eigenvalue weighted by Gasteiger charge is -2.16. The van der Waals surface area contributed by atoms with E-state index in [0.29, 0.717) is 12.1 Å². The predicted molar refractivity (Wildman–Crippen MR) is 90.1 cm³/mol. The van der Waals surface area contributed by atoms with Crippen LogP contribution >= 0.6 is 12.4 Å². The Kier molecular flexibility index (Phi) is 10.6. The fourth-order valence-corrected chi connectivity index (χ4v) is 2.12. The highest BCUT2D eigenvalue weighted by atomic mass is 35.5. The summed E-state index contributed by atoms with van der Waals surface area (Å²) in [7, 11) is 0. The van der Waals surface area contributed by atoms with Gasteiger partial charge in [0.25, 0.3) is 0 Å². The van der Waals surface area contributed by atoms with Gasteiger partial charge in [-0.15, -0.1) is 12.4 Å². The van der Waals surface area contributed by atoms with E-state index in [9.17, 15) is 0 Å². The first-order chi connectivity index (χ1) is 9.11. The first-order valence-electron chi connectivity index (χ1n) is 7.59. The second-order valence-corrected chi connectivity index (χ2v) is 5.61. The van der Waals surface area contributed by atoms with Crippen molar-refractivity contribution < 1.29 is 4.74 Å². The van der Waals surface area contributed by atoms with Crippen molar-refractivity contribution in [3.05, 3.63) is 29.8 Å². The van der Waals surface area contributed by atoms with Gasteiger partial charge in [0.05, 0.1) is 6.61 Å². The van der Waals surface area contributed by atoms with Crippen LogP contribution in [0.25, 0.3) is 0 Å². The number of unbranched alkanes of at least 4 members (excludes halogenated alkanes) is 1. The third-order valence-electron chi connectivity index (χ3n) is 3.17. The zero-order chi connectivity index (χ0) is 14.1. The van der Waals surface area contributed by atoms with Crippen LogP contribution in [0.5, 0.6) is 5.75 Å². The smallest absolute Gasteiger partial charge is 0.119 e. The highest BCUT2D eigenvalue weighted by Gasteiger charge is 2.04. The molecule has 0 fully saturated rings. The quantitative estimate of drug-likeness (QED) is 0.673. The molecule has 0 radical (unpaired) electrons. The summed E-state index contributed by atoms with van der Waals surface area (Å²) in [6.45, 7) is 9.64. The molecule has 1 N–H and O–H groups in total. The maximum Gasteiger partial charge on any atom is 0.119 e. The molecule has 1 atom stereocenters. The first-order valence-corrected chi connectivity index (χ1v) is 7.59. The van der Waals surface area contributed by atoms with Crippen LogP contribution < -0.4 is 10.1 Å². The van der Waals surface area contributed by atoms with Crippen LogP contribution in [0, 0.1) is 0 Å². The van der Waals surface area contributed by atoms with Crippen LogP contribution in [0.1, 0.15) is 52.5 Å². The molecule has 1 unspecified atom stereocenters. The van der Waals surface area contributed by atoms with Gasteiger partial charge in [-0.05, 0) is 43.9 Å². The third-order valence-corrected chi connectivity index (χ3v) is 3.17. The SMILES string of the molecule is CCCCOc1ccc(CCC(C)NC(C)C)cc1.Cl. The Bertz CT molecular complexity index is 337. The van der Waals surface area contributed by atoms with Gasteiger partial charge in [-0.25, -0.2) is 0 Å². The first kappa shape index (κ1) is 19.3. The minimum atomic E-state index is 0. The van der Waals surface area contributed by atoms with Crippen LogP contribution in [0.2, 0.25) is 0 Å². The molecule has 0 bridgehead atoms. The monoisotopic (exact) mass is 299 g/mol. The van der Waals surface area contributed by atoms with Crippen molar-refractivity contribution in [1.29, 1.82) is 0 Å². The van der Waals surface area contributed by atoms with E-state index in [0.717, 1.165) is 25.2 Å². The summed E-state index contributed by atoms with van der Waals surface area (Å²) in [5, 5.41) is 3.53. The van der Waals surface area contributed by atoms with E-state index >= 15 is 0 Å². The Morgan fingerprint density at radius 3 is 2.30 bits per heavy atom.